The predicted molar refractivity (Wildman–Crippen MR) is 48.4 cm³/mol. The molecule has 12 heavy (non-hydrogen) atoms. The lowest BCUT2D eigenvalue weighted by atomic mass is 10.1. The van der Waals surface area contributed by atoms with Gasteiger partial charge < -0.3 is 10.1 Å². The lowest BCUT2D eigenvalue weighted by Gasteiger charge is -2.10. The molecule has 1 aromatic rings. The Kier molecular flexibility index (Phi) is 2.00. The van der Waals surface area contributed by atoms with Crippen molar-refractivity contribution in [2.24, 2.45) is 0 Å². The van der Waals surface area contributed by atoms with Crippen LogP contribution >= 0.6 is 0 Å². The van der Waals surface area contributed by atoms with E-state index in [1.165, 1.54) is 5.56 Å². The van der Waals surface area contributed by atoms with Crippen LogP contribution in [0.15, 0.2) is 24.3 Å². The van der Waals surface area contributed by atoms with Crippen molar-refractivity contribution < 1.29 is 4.74 Å². The van der Waals surface area contributed by atoms with Gasteiger partial charge in [0, 0.05) is 18.2 Å². The molecule has 0 fully saturated rings. The Morgan fingerprint density at radius 1 is 1.42 bits per heavy atom. The van der Waals surface area contributed by atoms with E-state index >= 15 is 0 Å². The van der Waals surface area contributed by atoms with Crippen LogP contribution in [0.1, 0.15) is 18.5 Å². The molecule has 1 aliphatic heterocycles. The monoisotopic (exact) mass is 163 g/mol. The van der Waals surface area contributed by atoms with Crippen LogP contribution in [-0.2, 0) is 0 Å². The summed E-state index contributed by atoms with van der Waals surface area (Å²) in [7, 11) is 0. The number of nitrogens with one attached hydrogen (secondary N) is 1. The van der Waals surface area contributed by atoms with Gasteiger partial charge in [0.05, 0.1) is 0 Å². The van der Waals surface area contributed by atoms with E-state index in [0.29, 0.717) is 6.04 Å². The van der Waals surface area contributed by atoms with Crippen LogP contribution in [0.5, 0.6) is 5.75 Å². The molecule has 2 heteroatoms. The molecule has 1 heterocycles. The van der Waals surface area contributed by atoms with Crippen LogP contribution < -0.4 is 10.1 Å². The molecule has 1 unspecified atom stereocenters. The molecule has 2 nitrogen and oxygen atoms in total. The van der Waals surface area contributed by atoms with Crippen molar-refractivity contribution in [3.8, 4) is 5.75 Å². The number of hydrogen-bond acceptors (Lipinski definition) is 2. The van der Waals surface area contributed by atoms with Crippen molar-refractivity contribution >= 4 is 0 Å². The zero-order valence-electron chi connectivity index (χ0n) is 7.21. The number of benzene rings is 1. The predicted octanol–water partition coefficient (Wildman–Crippen LogP) is 1.73. The molecule has 0 saturated heterocycles. The Labute approximate surface area is 72.5 Å². The van der Waals surface area contributed by atoms with Crippen LogP contribution in [-0.4, -0.2) is 13.2 Å². The second-order valence-corrected chi connectivity index (χ2v) is 3.06. The van der Waals surface area contributed by atoms with Gasteiger partial charge in [-0.25, -0.2) is 0 Å². The van der Waals surface area contributed by atoms with E-state index < -0.39 is 0 Å². The highest BCUT2D eigenvalue weighted by atomic mass is 16.5. The second kappa shape index (κ2) is 3.15. The third-order valence-corrected chi connectivity index (χ3v) is 2.20. The average molecular weight is 163 g/mol. The normalized spacial score (nSPS) is 22.2. The molecule has 0 radical (unpaired) electrons. The largest absolute Gasteiger partial charge is 0.492 e. The number of hydrogen-bond donors (Lipinski definition) is 1. The molecule has 0 aromatic heterocycles. The van der Waals surface area contributed by atoms with Crippen LogP contribution in [0.4, 0.5) is 0 Å². The SMILES string of the molecule is CC1NCCOc2ccccc21. The van der Waals surface area contributed by atoms with E-state index in [-0.39, 0.29) is 0 Å². The van der Waals surface area contributed by atoms with Crippen molar-refractivity contribution in [3.05, 3.63) is 29.8 Å². The van der Waals surface area contributed by atoms with Gasteiger partial charge in [0.1, 0.15) is 12.4 Å². The van der Waals surface area contributed by atoms with Gasteiger partial charge in [-0.05, 0) is 13.0 Å². The summed E-state index contributed by atoms with van der Waals surface area (Å²) in [5, 5.41) is 3.38. The first-order valence-electron chi connectivity index (χ1n) is 4.33. The van der Waals surface area contributed by atoms with Gasteiger partial charge in [-0.15, -0.1) is 0 Å². The second-order valence-electron chi connectivity index (χ2n) is 3.06. The van der Waals surface area contributed by atoms with Gasteiger partial charge in [0.2, 0.25) is 0 Å². The quantitative estimate of drug-likeness (QED) is 0.629. The van der Waals surface area contributed by atoms with Crippen LogP contribution in [0.2, 0.25) is 0 Å². The summed E-state index contributed by atoms with van der Waals surface area (Å²) >= 11 is 0. The Morgan fingerprint density at radius 3 is 3.17 bits per heavy atom. The molecule has 0 aliphatic carbocycles. The molecule has 0 saturated carbocycles. The highest BCUT2D eigenvalue weighted by molar-refractivity contribution is 5.36. The van der Waals surface area contributed by atoms with Crippen LogP contribution in [0.3, 0.4) is 0 Å². The fourth-order valence-electron chi connectivity index (χ4n) is 1.52. The van der Waals surface area contributed by atoms with Gasteiger partial charge in [-0.3, -0.25) is 0 Å². The highest BCUT2D eigenvalue weighted by Crippen LogP contribution is 2.25. The highest BCUT2D eigenvalue weighted by Gasteiger charge is 2.13. The third kappa shape index (κ3) is 1.30. The molecule has 1 aliphatic rings. The minimum Gasteiger partial charge on any atom is -0.492 e. The maximum absolute atomic E-state index is 5.56. The summed E-state index contributed by atoms with van der Waals surface area (Å²) in [4.78, 5) is 0. The molecule has 0 bridgehead atoms. The molecular weight excluding hydrogens is 150 g/mol. The van der Waals surface area contributed by atoms with Crippen molar-refractivity contribution in [2.45, 2.75) is 13.0 Å². The number of ether oxygens (including phenoxy) is 1. The Balaban J connectivity index is 2.39. The maximum atomic E-state index is 5.56. The summed E-state index contributed by atoms with van der Waals surface area (Å²) in [6.45, 7) is 3.85. The van der Waals surface area contributed by atoms with Crippen LogP contribution in [0.25, 0.3) is 0 Å². The van der Waals surface area contributed by atoms with Crippen LogP contribution in [0, 0.1) is 0 Å². The Bertz CT molecular complexity index is 272. The summed E-state index contributed by atoms with van der Waals surface area (Å²) in [6.07, 6.45) is 0. The standard InChI is InChI=1S/C10H13NO/c1-8-9-4-2-3-5-10(9)12-7-6-11-8/h2-5,8,11H,6-7H2,1H3. The first-order valence-corrected chi connectivity index (χ1v) is 4.33. The smallest absolute Gasteiger partial charge is 0.124 e. The summed E-state index contributed by atoms with van der Waals surface area (Å²) in [5.74, 6) is 1.02. The number of para-hydroxylation sites is 1. The topological polar surface area (TPSA) is 21.3 Å². The first-order chi connectivity index (χ1) is 5.88. The van der Waals surface area contributed by atoms with E-state index in [0.717, 1.165) is 18.9 Å². The lowest BCUT2D eigenvalue weighted by molar-refractivity contribution is 0.324. The first kappa shape index (κ1) is 7.62. The fraction of sp³-hybridized carbons (Fsp3) is 0.400. The van der Waals surface area contributed by atoms with E-state index in [1.54, 1.807) is 0 Å². The van der Waals surface area contributed by atoms with E-state index in [4.69, 9.17) is 4.74 Å². The molecule has 64 valence electrons. The Morgan fingerprint density at radius 2 is 2.25 bits per heavy atom. The van der Waals surface area contributed by atoms with Crippen molar-refractivity contribution in [2.75, 3.05) is 13.2 Å². The van der Waals surface area contributed by atoms with Crippen molar-refractivity contribution in [1.29, 1.82) is 0 Å². The third-order valence-electron chi connectivity index (χ3n) is 2.20. The average Bonchev–Trinajstić information content (AvgIpc) is 2.29. The van der Waals surface area contributed by atoms with Gasteiger partial charge >= 0.3 is 0 Å². The van der Waals surface area contributed by atoms with Crippen molar-refractivity contribution in [3.63, 3.8) is 0 Å². The van der Waals surface area contributed by atoms with E-state index in [9.17, 15) is 0 Å². The zero-order chi connectivity index (χ0) is 8.39. The maximum Gasteiger partial charge on any atom is 0.124 e. The fourth-order valence-corrected chi connectivity index (χ4v) is 1.52. The molecule has 1 atom stereocenters. The molecule has 0 spiro atoms. The van der Waals surface area contributed by atoms with Crippen molar-refractivity contribution in [1.82, 2.24) is 5.32 Å². The summed E-state index contributed by atoms with van der Waals surface area (Å²) < 4.78 is 5.56. The molecule has 1 N–H and O–H groups in total. The molecule has 0 amide bonds. The zero-order valence-corrected chi connectivity index (χ0v) is 7.21. The molecule has 1 aromatic carbocycles. The number of rotatable bonds is 0. The number of fused-ring (bicyclic) bond motifs is 1. The van der Waals surface area contributed by atoms with E-state index in [2.05, 4.69) is 18.3 Å². The molecule has 2 rings (SSSR count). The Hall–Kier alpha value is -1.02. The minimum atomic E-state index is 0.406. The lowest BCUT2D eigenvalue weighted by Crippen LogP contribution is -2.20. The molecular formula is C10H13NO. The van der Waals surface area contributed by atoms with E-state index in [1.807, 2.05) is 18.2 Å². The van der Waals surface area contributed by atoms with Gasteiger partial charge in [0.25, 0.3) is 0 Å². The summed E-state index contributed by atoms with van der Waals surface area (Å²) in [6, 6.07) is 8.60. The minimum absolute atomic E-state index is 0.406. The van der Waals surface area contributed by atoms with Gasteiger partial charge in [0.15, 0.2) is 0 Å². The summed E-state index contributed by atoms with van der Waals surface area (Å²) in [5.41, 5.74) is 1.26. The van der Waals surface area contributed by atoms with Gasteiger partial charge in [-0.1, -0.05) is 18.2 Å². The van der Waals surface area contributed by atoms with Gasteiger partial charge in [-0.2, -0.15) is 0 Å².